The van der Waals surface area contributed by atoms with E-state index in [9.17, 15) is 23.1 Å². The number of carbonyl (C=O) groups is 1. The molecule has 1 fully saturated rings. The molecule has 35 heavy (non-hydrogen) atoms. The molecule has 0 aliphatic heterocycles. The van der Waals surface area contributed by atoms with Gasteiger partial charge < -0.3 is 14.6 Å². The molecule has 1 aliphatic carbocycles. The predicted molar refractivity (Wildman–Crippen MR) is 126 cm³/mol. The molecule has 4 nitrogen and oxygen atoms in total. The van der Waals surface area contributed by atoms with Crippen LogP contribution in [-0.4, -0.2) is 23.8 Å². The lowest BCUT2D eigenvalue weighted by molar-refractivity contribution is 0.0728. The second-order valence-corrected chi connectivity index (χ2v) is 8.69. The predicted octanol–water partition coefficient (Wildman–Crippen LogP) is 6.55. The first-order valence-electron chi connectivity index (χ1n) is 11.7. The minimum atomic E-state index is -1.24. The Kier molecular flexibility index (Phi) is 7.88. The molecule has 0 radical (unpaired) electrons. The summed E-state index contributed by atoms with van der Waals surface area (Å²) in [5.41, 5.74) is 1.53. The average Bonchev–Trinajstić information content (AvgIpc) is 2.86. The molecule has 7 heteroatoms. The summed E-state index contributed by atoms with van der Waals surface area (Å²) in [6, 6.07) is 13.8. The van der Waals surface area contributed by atoms with E-state index in [-0.39, 0.29) is 29.7 Å². The van der Waals surface area contributed by atoms with Crippen LogP contribution in [0.3, 0.4) is 0 Å². The van der Waals surface area contributed by atoms with Gasteiger partial charge in [-0.1, -0.05) is 30.3 Å². The number of ether oxygens (including phenoxy) is 2. The van der Waals surface area contributed by atoms with Crippen LogP contribution in [0.1, 0.15) is 60.0 Å². The monoisotopic (exact) mass is 484 g/mol. The molecule has 0 aromatic heterocycles. The van der Waals surface area contributed by atoms with Gasteiger partial charge >= 0.3 is 5.97 Å². The zero-order valence-electron chi connectivity index (χ0n) is 19.4. The molecule has 1 aliphatic rings. The van der Waals surface area contributed by atoms with Gasteiger partial charge in [-0.25, -0.2) is 18.0 Å². The summed E-state index contributed by atoms with van der Waals surface area (Å²) < 4.78 is 54.2. The summed E-state index contributed by atoms with van der Waals surface area (Å²) in [4.78, 5) is 12.5. The third-order valence-electron chi connectivity index (χ3n) is 6.38. The van der Waals surface area contributed by atoms with Crippen molar-refractivity contribution in [1.82, 2.24) is 0 Å². The van der Waals surface area contributed by atoms with Crippen molar-refractivity contribution < 1.29 is 32.5 Å². The van der Waals surface area contributed by atoms with Gasteiger partial charge in [-0.2, -0.15) is 0 Å². The normalized spacial score (nSPS) is 17.9. The lowest BCUT2D eigenvalue weighted by atomic mass is 9.82. The van der Waals surface area contributed by atoms with Gasteiger partial charge in [0.05, 0.1) is 18.3 Å². The van der Waals surface area contributed by atoms with Crippen LogP contribution in [0.4, 0.5) is 13.2 Å². The molecule has 1 N–H and O–H groups in total. The Morgan fingerprint density at radius 1 is 0.914 bits per heavy atom. The molecule has 0 heterocycles. The van der Waals surface area contributed by atoms with Gasteiger partial charge in [0, 0.05) is 12.2 Å². The minimum Gasteiger partial charge on any atom is -0.423 e. The first-order chi connectivity index (χ1) is 16.9. The SMILES string of the molecule is CCOCc1ccc(-c2ccc(OC(=O)c3ccc(C4CCC(O)CC4)c(F)c3F)cc2)cc1F. The van der Waals surface area contributed by atoms with E-state index in [1.165, 1.54) is 30.3 Å². The largest absolute Gasteiger partial charge is 0.423 e. The summed E-state index contributed by atoms with van der Waals surface area (Å²) in [6.07, 6.45) is 1.80. The number of hydrogen-bond donors (Lipinski definition) is 1. The molecule has 0 amide bonds. The number of benzene rings is 3. The Morgan fingerprint density at radius 3 is 2.26 bits per heavy atom. The van der Waals surface area contributed by atoms with Crippen molar-refractivity contribution in [2.75, 3.05) is 6.61 Å². The summed E-state index contributed by atoms with van der Waals surface area (Å²) in [5.74, 6) is -3.72. The Morgan fingerprint density at radius 2 is 1.60 bits per heavy atom. The van der Waals surface area contributed by atoms with E-state index in [0.717, 1.165) is 0 Å². The van der Waals surface area contributed by atoms with Crippen molar-refractivity contribution in [2.45, 2.75) is 51.2 Å². The third kappa shape index (κ3) is 5.74. The van der Waals surface area contributed by atoms with Crippen LogP contribution >= 0.6 is 0 Å². The third-order valence-corrected chi connectivity index (χ3v) is 6.38. The molecule has 0 spiro atoms. The highest BCUT2D eigenvalue weighted by Gasteiger charge is 2.27. The molecular weight excluding hydrogens is 457 g/mol. The van der Waals surface area contributed by atoms with Gasteiger partial charge in [-0.05, 0) is 79.5 Å². The minimum absolute atomic E-state index is 0.150. The van der Waals surface area contributed by atoms with Gasteiger partial charge in [0.25, 0.3) is 0 Å². The standard InChI is InChI=1S/C28H27F3O4/c1-2-34-16-20-4-3-19(15-25(20)29)17-7-11-22(12-8-17)35-28(33)24-14-13-23(26(30)27(24)31)18-5-9-21(32)10-6-18/h3-4,7-8,11-15,18,21,32H,2,5-6,9-10,16H2,1H3. The van der Waals surface area contributed by atoms with Crippen LogP contribution in [-0.2, 0) is 11.3 Å². The fourth-order valence-electron chi connectivity index (χ4n) is 4.36. The van der Waals surface area contributed by atoms with Crippen molar-refractivity contribution in [1.29, 1.82) is 0 Å². The highest BCUT2D eigenvalue weighted by Crippen LogP contribution is 2.35. The molecular formula is C28H27F3O4. The fourth-order valence-corrected chi connectivity index (χ4v) is 4.36. The number of rotatable bonds is 7. The number of aliphatic hydroxyl groups excluding tert-OH is 1. The van der Waals surface area contributed by atoms with Crippen molar-refractivity contribution in [3.05, 3.63) is 88.7 Å². The Balaban J connectivity index is 1.45. The number of hydrogen-bond acceptors (Lipinski definition) is 4. The van der Waals surface area contributed by atoms with E-state index in [0.29, 0.717) is 49.0 Å². The molecule has 0 atom stereocenters. The molecule has 0 saturated heterocycles. The zero-order valence-corrected chi connectivity index (χ0v) is 19.4. The smallest absolute Gasteiger partial charge is 0.346 e. The Bertz CT molecular complexity index is 1190. The number of halogens is 3. The highest BCUT2D eigenvalue weighted by molar-refractivity contribution is 5.91. The van der Waals surface area contributed by atoms with Gasteiger partial charge in [-0.15, -0.1) is 0 Å². The molecule has 3 aromatic rings. The first-order valence-corrected chi connectivity index (χ1v) is 11.7. The Hall–Kier alpha value is -3.16. The maximum absolute atomic E-state index is 14.7. The fraction of sp³-hybridized carbons (Fsp3) is 0.321. The van der Waals surface area contributed by atoms with Crippen LogP contribution in [0.25, 0.3) is 11.1 Å². The van der Waals surface area contributed by atoms with E-state index in [1.54, 1.807) is 24.3 Å². The lowest BCUT2D eigenvalue weighted by Crippen LogP contribution is -2.19. The number of aliphatic hydroxyl groups is 1. The van der Waals surface area contributed by atoms with Gasteiger partial charge in [0.15, 0.2) is 11.6 Å². The van der Waals surface area contributed by atoms with Crippen LogP contribution in [0.5, 0.6) is 5.75 Å². The quantitative estimate of drug-likeness (QED) is 0.305. The van der Waals surface area contributed by atoms with Crippen LogP contribution in [0.2, 0.25) is 0 Å². The summed E-state index contributed by atoms with van der Waals surface area (Å²) in [5, 5.41) is 9.64. The van der Waals surface area contributed by atoms with Crippen LogP contribution < -0.4 is 4.74 Å². The lowest BCUT2D eigenvalue weighted by Gasteiger charge is -2.26. The summed E-state index contributed by atoms with van der Waals surface area (Å²) in [7, 11) is 0. The van der Waals surface area contributed by atoms with Crippen molar-refractivity contribution in [3.8, 4) is 16.9 Å². The number of carbonyl (C=O) groups excluding carboxylic acids is 1. The van der Waals surface area contributed by atoms with Crippen molar-refractivity contribution in [2.24, 2.45) is 0 Å². The van der Waals surface area contributed by atoms with E-state index in [2.05, 4.69) is 0 Å². The van der Waals surface area contributed by atoms with E-state index in [1.807, 2.05) is 6.92 Å². The van der Waals surface area contributed by atoms with E-state index in [4.69, 9.17) is 9.47 Å². The highest BCUT2D eigenvalue weighted by atomic mass is 19.2. The van der Waals surface area contributed by atoms with E-state index < -0.39 is 29.3 Å². The van der Waals surface area contributed by atoms with Crippen molar-refractivity contribution in [3.63, 3.8) is 0 Å². The summed E-state index contributed by atoms with van der Waals surface area (Å²) in [6.45, 7) is 2.53. The molecule has 0 bridgehead atoms. The number of esters is 1. The molecule has 0 unspecified atom stereocenters. The maximum atomic E-state index is 14.7. The van der Waals surface area contributed by atoms with E-state index >= 15 is 0 Å². The van der Waals surface area contributed by atoms with Gasteiger partial charge in [0.2, 0.25) is 0 Å². The average molecular weight is 485 g/mol. The second kappa shape index (κ2) is 11.1. The van der Waals surface area contributed by atoms with Crippen molar-refractivity contribution >= 4 is 5.97 Å². The molecule has 1 saturated carbocycles. The van der Waals surface area contributed by atoms with Crippen LogP contribution in [0, 0.1) is 17.5 Å². The molecule has 4 rings (SSSR count). The van der Waals surface area contributed by atoms with Crippen LogP contribution in [0.15, 0.2) is 54.6 Å². The summed E-state index contributed by atoms with van der Waals surface area (Å²) >= 11 is 0. The zero-order chi connectivity index (χ0) is 24.9. The second-order valence-electron chi connectivity index (χ2n) is 8.69. The first kappa shape index (κ1) is 24.9. The van der Waals surface area contributed by atoms with Gasteiger partial charge in [0.1, 0.15) is 11.6 Å². The molecule has 184 valence electrons. The molecule has 3 aromatic carbocycles. The Labute approximate surface area is 202 Å². The topological polar surface area (TPSA) is 55.8 Å². The van der Waals surface area contributed by atoms with Gasteiger partial charge in [-0.3, -0.25) is 0 Å². The maximum Gasteiger partial charge on any atom is 0.346 e.